The summed E-state index contributed by atoms with van der Waals surface area (Å²) in [5.41, 5.74) is -0.343. The van der Waals surface area contributed by atoms with Crippen LogP contribution in [0.1, 0.15) is 32.7 Å². The SMILES string of the molecule is C[C@@]1(NC(=O)c2ccc(C(=O)O)s2)CCOC1. The van der Waals surface area contributed by atoms with E-state index >= 15 is 0 Å². The van der Waals surface area contributed by atoms with Gasteiger partial charge in [-0.1, -0.05) is 0 Å². The molecule has 0 radical (unpaired) electrons. The fraction of sp³-hybridized carbons (Fsp3) is 0.455. The van der Waals surface area contributed by atoms with Gasteiger partial charge in [-0.2, -0.15) is 0 Å². The van der Waals surface area contributed by atoms with E-state index in [1.807, 2.05) is 6.92 Å². The minimum Gasteiger partial charge on any atom is -0.477 e. The van der Waals surface area contributed by atoms with Gasteiger partial charge in [-0.15, -0.1) is 11.3 Å². The maximum atomic E-state index is 11.9. The second-order valence-electron chi connectivity index (χ2n) is 4.29. The van der Waals surface area contributed by atoms with Crippen LogP contribution < -0.4 is 5.32 Å². The summed E-state index contributed by atoms with van der Waals surface area (Å²) in [5.74, 6) is -1.25. The highest BCUT2D eigenvalue weighted by Crippen LogP contribution is 2.21. The highest BCUT2D eigenvalue weighted by atomic mass is 32.1. The first-order valence-electron chi connectivity index (χ1n) is 5.24. The smallest absolute Gasteiger partial charge is 0.345 e. The molecule has 0 aromatic carbocycles. The van der Waals surface area contributed by atoms with Crippen LogP contribution in [0.2, 0.25) is 0 Å². The molecular weight excluding hydrogens is 242 g/mol. The van der Waals surface area contributed by atoms with Crippen LogP contribution in [0.15, 0.2) is 12.1 Å². The van der Waals surface area contributed by atoms with Crippen molar-refractivity contribution in [1.29, 1.82) is 0 Å². The number of ether oxygens (including phenoxy) is 1. The monoisotopic (exact) mass is 255 g/mol. The Kier molecular flexibility index (Phi) is 3.17. The van der Waals surface area contributed by atoms with Crippen molar-refractivity contribution in [3.8, 4) is 0 Å². The zero-order valence-corrected chi connectivity index (χ0v) is 10.2. The highest BCUT2D eigenvalue weighted by molar-refractivity contribution is 7.15. The van der Waals surface area contributed by atoms with Crippen LogP contribution in [0.5, 0.6) is 0 Å². The summed E-state index contributed by atoms with van der Waals surface area (Å²) in [6.07, 6.45) is 0.774. The molecule has 1 aromatic rings. The lowest BCUT2D eigenvalue weighted by Gasteiger charge is -2.22. The summed E-state index contributed by atoms with van der Waals surface area (Å²) >= 11 is 0.979. The first kappa shape index (κ1) is 12.1. The number of thiophene rings is 1. The van der Waals surface area contributed by atoms with Gasteiger partial charge in [-0.3, -0.25) is 4.79 Å². The first-order chi connectivity index (χ1) is 8.00. The number of hydrogen-bond donors (Lipinski definition) is 2. The van der Waals surface area contributed by atoms with Gasteiger partial charge in [0.15, 0.2) is 0 Å². The molecule has 1 saturated heterocycles. The number of carboxylic acids is 1. The molecule has 1 aliphatic rings. The van der Waals surface area contributed by atoms with Crippen LogP contribution in [0.4, 0.5) is 0 Å². The molecule has 1 atom stereocenters. The Morgan fingerprint density at radius 3 is 2.71 bits per heavy atom. The van der Waals surface area contributed by atoms with E-state index in [1.54, 1.807) is 0 Å². The molecule has 2 heterocycles. The molecular formula is C11H13NO4S. The van der Waals surface area contributed by atoms with E-state index in [9.17, 15) is 9.59 Å². The van der Waals surface area contributed by atoms with Crippen LogP contribution >= 0.6 is 11.3 Å². The lowest BCUT2D eigenvalue weighted by atomic mass is 10.0. The number of hydrogen-bond acceptors (Lipinski definition) is 4. The molecule has 1 aliphatic heterocycles. The topological polar surface area (TPSA) is 75.6 Å². The number of nitrogens with one attached hydrogen (secondary N) is 1. The molecule has 0 spiro atoms. The van der Waals surface area contributed by atoms with Gasteiger partial charge in [0.1, 0.15) is 4.88 Å². The van der Waals surface area contributed by atoms with E-state index in [-0.39, 0.29) is 16.3 Å². The average Bonchev–Trinajstić information content (AvgIpc) is 2.86. The largest absolute Gasteiger partial charge is 0.477 e. The standard InChI is InChI=1S/C11H13NO4S/c1-11(4-5-16-6-11)12-9(13)7-2-3-8(17-7)10(14)15/h2-3H,4-6H2,1H3,(H,12,13)(H,14,15)/t11-/m1/s1. The minimum atomic E-state index is -1.01. The molecule has 0 bridgehead atoms. The van der Waals surface area contributed by atoms with Gasteiger partial charge in [0.05, 0.1) is 17.0 Å². The predicted octanol–water partition coefficient (Wildman–Crippen LogP) is 1.36. The molecule has 5 nitrogen and oxygen atoms in total. The molecule has 2 rings (SSSR count). The van der Waals surface area contributed by atoms with Crippen LogP contribution in [0.25, 0.3) is 0 Å². The van der Waals surface area contributed by atoms with Crippen molar-refractivity contribution in [3.05, 3.63) is 21.9 Å². The summed E-state index contributed by atoms with van der Waals surface area (Å²) in [6.45, 7) is 3.06. The molecule has 1 fully saturated rings. The average molecular weight is 255 g/mol. The van der Waals surface area contributed by atoms with E-state index in [4.69, 9.17) is 9.84 Å². The van der Waals surface area contributed by atoms with Crippen LogP contribution in [0, 0.1) is 0 Å². The Hall–Kier alpha value is -1.40. The normalized spacial score (nSPS) is 23.6. The zero-order chi connectivity index (χ0) is 12.5. The van der Waals surface area contributed by atoms with Crippen LogP contribution in [-0.4, -0.2) is 35.7 Å². The van der Waals surface area contributed by atoms with E-state index < -0.39 is 5.97 Å². The molecule has 6 heteroatoms. The van der Waals surface area contributed by atoms with Crippen molar-refractivity contribution in [2.45, 2.75) is 18.9 Å². The minimum absolute atomic E-state index is 0.169. The Labute approximate surface area is 102 Å². The van der Waals surface area contributed by atoms with Gasteiger partial charge in [-0.05, 0) is 25.5 Å². The Balaban J connectivity index is 2.06. The molecule has 0 unspecified atom stereocenters. The summed E-state index contributed by atoms with van der Waals surface area (Å²) < 4.78 is 5.23. The van der Waals surface area contributed by atoms with Crippen molar-refractivity contribution in [2.75, 3.05) is 13.2 Å². The third-order valence-electron chi connectivity index (χ3n) is 2.67. The van der Waals surface area contributed by atoms with Crippen molar-refractivity contribution in [2.24, 2.45) is 0 Å². The van der Waals surface area contributed by atoms with E-state index in [1.165, 1.54) is 12.1 Å². The predicted molar refractivity (Wildman–Crippen MR) is 62.6 cm³/mol. The quantitative estimate of drug-likeness (QED) is 0.855. The maximum absolute atomic E-state index is 11.9. The number of aromatic carboxylic acids is 1. The van der Waals surface area contributed by atoms with Crippen LogP contribution in [-0.2, 0) is 4.74 Å². The first-order valence-corrected chi connectivity index (χ1v) is 6.05. The number of rotatable bonds is 3. The molecule has 1 aromatic heterocycles. The van der Waals surface area contributed by atoms with Gasteiger partial charge >= 0.3 is 5.97 Å². The maximum Gasteiger partial charge on any atom is 0.345 e. The summed E-state index contributed by atoms with van der Waals surface area (Å²) in [7, 11) is 0. The lowest BCUT2D eigenvalue weighted by molar-refractivity contribution is 0.0702. The van der Waals surface area contributed by atoms with Crippen molar-refractivity contribution in [3.63, 3.8) is 0 Å². The second kappa shape index (κ2) is 4.46. The fourth-order valence-electron chi connectivity index (χ4n) is 1.68. The fourth-order valence-corrected chi connectivity index (χ4v) is 2.42. The van der Waals surface area contributed by atoms with Crippen molar-refractivity contribution < 1.29 is 19.4 Å². The van der Waals surface area contributed by atoms with Crippen molar-refractivity contribution >= 4 is 23.2 Å². The number of carboxylic acid groups (broad SMARTS) is 1. The second-order valence-corrected chi connectivity index (χ2v) is 5.37. The zero-order valence-electron chi connectivity index (χ0n) is 9.36. The lowest BCUT2D eigenvalue weighted by Crippen LogP contribution is -2.46. The highest BCUT2D eigenvalue weighted by Gasteiger charge is 2.31. The van der Waals surface area contributed by atoms with Crippen molar-refractivity contribution in [1.82, 2.24) is 5.32 Å². The van der Waals surface area contributed by atoms with Gasteiger partial charge in [-0.25, -0.2) is 4.79 Å². The van der Waals surface area contributed by atoms with Gasteiger partial charge < -0.3 is 15.2 Å². The number of carbonyl (C=O) groups is 2. The number of carbonyl (C=O) groups excluding carboxylic acids is 1. The summed E-state index contributed by atoms with van der Waals surface area (Å²) in [4.78, 5) is 23.2. The van der Waals surface area contributed by atoms with Gasteiger partial charge in [0.2, 0.25) is 0 Å². The Morgan fingerprint density at radius 2 is 2.18 bits per heavy atom. The molecule has 17 heavy (non-hydrogen) atoms. The third-order valence-corrected chi connectivity index (χ3v) is 3.75. The van der Waals surface area contributed by atoms with Gasteiger partial charge in [0.25, 0.3) is 5.91 Å². The molecule has 1 amide bonds. The Bertz CT molecular complexity index is 448. The summed E-state index contributed by atoms with van der Waals surface area (Å²) in [5, 5.41) is 11.7. The van der Waals surface area contributed by atoms with E-state index in [0.717, 1.165) is 17.8 Å². The van der Waals surface area contributed by atoms with Gasteiger partial charge in [0, 0.05) is 6.61 Å². The van der Waals surface area contributed by atoms with E-state index in [0.29, 0.717) is 18.1 Å². The molecule has 0 saturated carbocycles. The molecule has 0 aliphatic carbocycles. The number of amides is 1. The van der Waals surface area contributed by atoms with E-state index in [2.05, 4.69) is 5.32 Å². The summed E-state index contributed by atoms with van der Waals surface area (Å²) in [6, 6.07) is 2.97. The molecule has 2 N–H and O–H groups in total. The molecule has 92 valence electrons. The third kappa shape index (κ3) is 2.65. The Morgan fingerprint density at radius 1 is 1.47 bits per heavy atom. The van der Waals surface area contributed by atoms with Crippen LogP contribution in [0.3, 0.4) is 0 Å².